The van der Waals surface area contributed by atoms with Crippen molar-refractivity contribution in [2.75, 3.05) is 12.3 Å². The van der Waals surface area contributed by atoms with Crippen molar-refractivity contribution in [1.82, 2.24) is 14.5 Å². The maximum Gasteiger partial charge on any atom is 0.344 e. The zero-order valence-electron chi connectivity index (χ0n) is 16.0. The van der Waals surface area contributed by atoms with Crippen LogP contribution in [0.15, 0.2) is 48.5 Å². The molecule has 4 rings (SSSR count). The summed E-state index contributed by atoms with van der Waals surface area (Å²) in [6, 6.07) is 15.5. The summed E-state index contributed by atoms with van der Waals surface area (Å²) in [5.41, 5.74) is 11.1. The van der Waals surface area contributed by atoms with E-state index in [1.54, 1.807) is 4.57 Å². The van der Waals surface area contributed by atoms with E-state index in [4.69, 9.17) is 20.4 Å². The van der Waals surface area contributed by atoms with Gasteiger partial charge >= 0.3 is 5.97 Å². The maximum absolute atomic E-state index is 12.8. The highest BCUT2D eigenvalue weighted by Crippen LogP contribution is 2.31. The molecule has 6 nitrogen and oxygen atoms in total. The number of ether oxygens (including phenoxy) is 1. The molecule has 0 saturated carbocycles. The first-order chi connectivity index (χ1) is 13.6. The predicted octanol–water partition coefficient (Wildman–Crippen LogP) is 4.42. The van der Waals surface area contributed by atoms with Gasteiger partial charge in [-0.25, -0.2) is 14.8 Å². The number of aryl methyl sites for hydroxylation is 1. The Morgan fingerprint density at radius 1 is 1.11 bits per heavy atom. The maximum atomic E-state index is 12.8. The van der Waals surface area contributed by atoms with Crippen molar-refractivity contribution in [3.8, 4) is 5.69 Å². The van der Waals surface area contributed by atoms with Gasteiger partial charge in [0.05, 0.1) is 17.6 Å². The molecule has 4 aromatic rings. The van der Waals surface area contributed by atoms with Crippen molar-refractivity contribution in [2.45, 2.75) is 26.7 Å². The molecule has 0 unspecified atom stereocenters. The van der Waals surface area contributed by atoms with Crippen LogP contribution in [0.2, 0.25) is 0 Å². The highest BCUT2D eigenvalue weighted by atomic mass is 16.5. The van der Waals surface area contributed by atoms with Gasteiger partial charge < -0.3 is 10.5 Å². The fourth-order valence-electron chi connectivity index (χ4n) is 3.27. The van der Waals surface area contributed by atoms with Crippen molar-refractivity contribution in [1.29, 1.82) is 0 Å². The number of benzene rings is 2. The number of nitrogens with zero attached hydrogens (tertiary/aromatic N) is 3. The number of unbranched alkanes of at least 4 members (excludes halogenated alkanes) is 1. The minimum Gasteiger partial charge on any atom is -0.462 e. The summed E-state index contributed by atoms with van der Waals surface area (Å²) in [5, 5.41) is 0. The molecular weight excluding hydrogens is 352 g/mol. The zero-order chi connectivity index (χ0) is 19.7. The number of nitrogen functional groups attached to an aromatic ring is 1. The summed E-state index contributed by atoms with van der Waals surface area (Å²) in [5.74, 6) is -0.177. The van der Waals surface area contributed by atoms with Gasteiger partial charge in [0.15, 0.2) is 5.65 Å². The Labute approximate surface area is 163 Å². The molecule has 0 saturated heterocycles. The molecule has 0 atom stereocenters. The third kappa shape index (κ3) is 3.07. The largest absolute Gasteiger partial charge is 0.462 e. The molecule has 2 aromatic heterocycles. The van der Waals surface area contributed by atoms with Crippen LogP contribution in [0.25, 0.3) is 27.9 Å². The molecular formula is C22H22N4O2. The van der Waals surface area contributed by atoms with E-state index in [-0.39, 0.29) is 11.4 Å². The van der Waals surface area contributed by atoms with Crippen molar-refractivity contribution in [3.63, 3.8) is 0 Å². The van der Waals surface area contributed by atoms with Crippen molar-refractivity contribution in [3.05, 3.63) is 59.7 Å². The smallest absolute Gasteiger partial charge is 0.344 e. The number of anilines is 1. The summed E-state index contributed by atoms with van der Waals surface area (Å²) in [4.78, 5) is 22.3. The molecule has 6 heteroatoms. The molecule has 0 amide bonds. The van der Waals surface area contributed by atoms with Crippen LogP contribution < -0.4 is 5.73 Å². The Kier molecular flexibility index (Phi) is 4.69. The zero-order valence-corrected chi connectivity index (χ0v) is 16.0. The fraction of sp³-hybridized carbons (Fsp3) is 0.227. The number of esters is 1. The van der Waals surface area contributed by atoms with Crippen LogP contribution in [0.3, 0.4) is 0 Å². The third-order valence-corrected chi connectivity index (χ3v) is 4.69. The lowest BCUT2D eigenvalue weighted by Crippen LogP contribution is -2.10. The highest BCUT2D eigenvalue weighted by molar-refractivity contribution is 6.09. The second-order valence-corrected chi connectivity index (χ2v) is 6.81. The predicted molar refractivity (Wildman–Crippen MR) is 111 cm³/mol. The Bertz CT molecular complexity index is 1180. The number of rotatable bonds is 5. The molecule has 28 heavy (non-hydrogen) atoms. The van der Waals surface area contributed by atoms with Crippen molar-refractivity contribution >= 4 is 34.0 Å². The van der Waals surface area contributed by atoms with Crippen molar-refractivity contribution in [2.24, 2.45) is 0 Å². The van der Waals surface area contributed by atoms with Crippen LogP contribution in [0.4, 0.5) is 5.82 Å². The molecule has 0 aliphatic rings. The van der Waals surface area contributed by atoms with E-state index in [9.17, 15) is 4.79 Å². The van der Waals surface area contributed by atoms with Crippen LogP contribution in [-0.4, -0.2) is 27.1 Å². The second-order valence-electron chi connectivity index (χ2n) is 6.81. The van der Waals surface area contributed by atoms with Gasteiger partial charge in [0.1, 0.15) is 16.9 Å². The SMILES string of the molecule is CCCCOC(=O)c1c(N)n(-c2cccc(C)c2)c2nc3ccccc3nc12. The van der Waals surface area contributed by atoms with Crippen LogP contribution >= 0.6 is 0 Å². The van der Waals surface area contributed by atoms with Gasteiger partial charge in [0.25, 0.3) is 0 Å². The van der Waals surface area contributed by atoms with E-state index in [1.165, 1.54) is 0 Å². The Morgan fingerprint density at radius 2 is 1.86 bits per heavy atom. The van der Waals surface area contributed by atoms with Crippen LogP contribution in [-0.2, 0) is 4.74 Å². The summed E-state index contributed by atoms with van der Waals surface area (Å²) >= 11 is 0. The minimum atomic E-state index is -0.466. The lowest BCUT2D eigenvalue weighted by Gasteiger charge is -2.09. The van der Waals surface area contributed by atoms with Crippen LogP contribution in [0.1, 0.15) is 35.7 Å². The van der Waals surface area contributed by atoms with Gasteiger partial charge in [-0.2, -0.15) is 0 Å². The van der Waals surface area contributed by atoms with E-state index in [2.05, 4.69) is 0 Å². The number of nitrogens with two attached hydrogens (primary N) is 1. The number of hydrogen-bond donors (Lipinski definition) is 1. The fourth-order valence-corrected chi connectivity index (χ4v) is 3.27. The quantitative estimate of drug-likeness (QED) is 0.413. The summed E-state index contributed by atoms with van der Waals surface area (Å²) in [7, 11) is 0. The van der Waals surface area contributed by atoms with Crippen molar-refractivity contribution < 1.29 is 9.53 Å². The standard InChI is InChI=1S/C22H22N4O2/c1-3-4-12-28-22(27)18-19-21(25-17-11-6-5-10-16(17)24-19)26(20(18)23)15-9-7-8-14(2)13-15/h5-11,13H,3-4,12,23H2,1-2H3. The highest BCUT2D eigenvalue weighted by Gasteiger charge is 2.25. The Morgan fingerprint density at radius 3 is 2.57 bits per heavy atom. The van der Waals surface area contributed by atoms with Gasteiger partial charge in [-0.3, -0.25) is 4.57 Å². The molecule has 142 valence electrons. The van der Waals surface area contributed by atoms with Gasteiger partial charge in [-0.05, 0) is 43.2 Å². The Hall–Kier alpha value is -3.41. The number of carbonyl (C=O) groups is 1. The van der Waals surface area contributed by atoms with E-state index < -0.39 is 5.97 Å². The molecule has 2 heterocycles. The van der Waals surface area contributed by atoms with Gasteiger partial charge in [0, 0.05) is 5.69 Å². The first-order valence-corrected chi connectivity index (χ1v) is 9.41. The monoisotopic (exact) mass is 374 g/mol. The Balaban J connectivity index is 1.98. The van der Waals surface area contributed by atoms with E-state index in [1.807, 2.05) is 62.4 Å². The molecule has 0 spiro atoms. The lowest BCUT2D eigenvalue weighted by molar-refractivity contribution is 0.0503. The second kappa shape index (κ2) is 7.31. The topological polar surface area (TPSA) is 83.0 Å². The average molecular weight is 374 g/mol. The number of hydrogen-bond acceptors (Lipinski definition) is 5. The molecule has 0 aliphatic carbocycles. The van der Waals surface area contributed by atoms with Gasteiger partial charge in [-0.15, -0.1) is 0 Å². The van der Waals surface area contributed by atoms with Gasteiger partial charge in [-0.1, -0.05) is 37.6 Å². The number of para-hydroxylation sites is 2. The summed E-state index contributed by atoms with van der Waals surface area (Å²) < 4.78 is 7.22. The molecule has 0 radical (unpaired) electrons. The van der Waals surface area contributed by atoms with Crippen LogP contribution in [0.5, 0.6) is 0 Å². The first-order valence-electron chi connectivity index (χ1n) is 9.41. The number of aromatic nitrogens is 3. The average Bonchev–Trinajstić information content (AvgIpc) is 2.97. The molecule has 0 fully saturated rings. The van der Waals surface area contributed by atoms with E-state index >= 15 is 0 Å². The number of fused-ring (bicyclic) bond motifs is 2. The first kappa shape index (κ1) is 18.0. The lowest BCUT2D eigenvalue weighted by atomic mass is 10.2. The normalized spacial score (nSPS) is 11.2. The molecule has 2 aromatic carbocycles. The summed E-state index contributed by atoms with van der Waals surface area (Å²) in [6.45, 7) is 4.41. The molecule has 2 N–H and O–H groups in total. The molecule has 0 bridgehead atoms. The summed E-state index contributed by atoms with van der Waals surface area (Å²) in [6.07, 6.45) is 1.75. The van der Waals surface area contributed by atoms with Gasteiger partial charge in [0.2, 0.25) is 0 Å². The number of carbonyl (C=O) groups excluding carboxylic acids is 1. The minimum absolute atomic E-state index is 0.269. The third-order valence-electron chi connectivity index (χ3n) is 4.69. The van der Waals surface area contributed by atoms with E-state index in [0.717, 1.165) is 29.6 Å². The molecule has 0 aliphatic heterocycles. The van der Waals surface area contributed by atoms with E-state index in [0.29, 0.717) is 23.3 Å². The van der Waals surface area contributed by atoms with Crippen LogP contribution in [0, 0.1) is 6.92 Å².